The van der Waals surface area contributed by atoms with Crippen molar-refractivity contribution in [1.82, 2.24) is 9.91 Å². The Morgan fingerprint density at radius 1 is 1.30 bits per heavy atom. The van der Waals surface area contributed by atoms with E-state index in [9.17, 15) is 9.59 Å². The van der Waals surface area contributed by atoms with Gasteiger partial charge in [0.25, 0.3) is 5.91 Å². The minimum Gasteiger partial charge on any atom is -0.367 e. The molecule has 0 aliphatic carbocycles. The molecule has 23 heavy (non-hydrogen) atoms. The van der Waals surface area contributed by atoms with Gasteiger partial charge < -0.3 is 9.64 Å². The van der Waals surface area contributed by atoms with E-state index < -0.39 is 0 Å². The van der Waals surface area contributed by atoms with E-state index in [2.05, 4.69) is 5.10 Å². The van der Waals surface area contributed by atoms with Crippen LogP contribution in [0.1, 0.15) is 31.9 Å². The summed E-state index contributed by atoms with van der Waals surface area (Å²) < 4.78 is 5.97. The van der Waals surface area contributed by atoms with Gasteiger partial charge in [0.2, 0.25) is 5.91 Å². The number of hydrazone groups is 1. The summed E-state index contributed by atoms with van der Waals surface area (Å²) in [5.74, 6) is -0.276. The molecule has 2 atom stereocenters. The molecule has 6 heteroatoms. The molecule has 0 bridgehead atoms. The third kappa shape index (κ3) is 3.27. The molecule has 122 valence electrons. The van der Waals surface area contributed by atoms with Crippen LogP contribution in [0.2, 0.25) is 0 Å². The Hall–Kier alpha value is -2.21. The summed E-state index contributed by atoms with van der Waals surface area (Å²) >= 11 is 0. The third-order valence-electron chi connectivity index (χ3n) is 4.11. The predicted molar refractivity (Wildman–Crippen MR) is 85.7 cm³/mol. The lowest BCUT2D eigenvalue weighted by atomic mass is 10.1. The van der Waals surface area contributed by atoms with Crippen molar-refractivity contribution in [2.45, 2.75) is 32.5 Å². The lowest BCUT2D eigenvalue weighted by Crippen LogP contribution is -2.48. The average molecular weight is 315 g/mol. The van der Waals surface area contributed by atoms with Gasteiger partial charge in [-0.2, -0.15) is 5.10 Å². The smallest absolute Gasteiger partial charge is 0.270 e. The molecule has 0 unspecified atom stereocenters. The quantitative estimate of drug-likeness (QED) is 0.851. The molecule has 0 radical (unpaired) electrons. The van der Waals surface area contributed by atoms with Crippen molar-refractivity contribution >= 4 is 17.5 Å². The van der Waals surface area contributed by atoms with Gasteiger partial charge in [-0.1, -0.05) is 30.3 Å². The first kappa shape index (κ1) is 15.7. The standard InChI is InChI=1S/C17H21N3O3/c1-3-20-16(21)9-14(18-20)17(22)19-10-12(2)23-15(11-19)13-7-5-4-6-8-13/h4-8,12,15H,3,9-11H2,1-2H3/t12-,15+/m0/s1. The molecular formula is C17H21N3O3. The van der Waals surface area contributed by atoms with Crippen molar-refractivity contribution in [2.24, 2.45) is 5.10 Å². The zero-order valence-corrected chi connectivity index (χ0v) is 13.4. The number of carbonyl (C=O) groups excluding carboxylic acids is 2. The fourth-order valence-corrected chi connectivity index (χ4v) is 2.99. The molecule has 0 aromatic heterocycles. The van der Waals surface area contributed by atoms with E-state index >= 15 is 0 Å². The fraction of sp³-hybridized carbons (Fsp3) is 0.471. The van der Waals surface area contributed by atoms with Crippen molar-refractivity contribution in [3.63, 3.8) is 0 Å². The zero-order chi connectivity index (χ0) is 16.4. The van der Waals surface area contributed by atoms with Gasteiger partial charge in [0.05, 0.1) is 19.1 Å². The maximum Gasteiger partial charge on any atom is 0.270 e. The first-order valence-corrected chi connectivity index (χ1v) is 7.96. The summed E-state index contributed by atoms with van der Waals surface area (Å²) in [6.45, 7) is 5.28. The van der Waals surface area contributed by atoms with Crippen LogP contribution in [0.3, 0.4) is 0 Å². The Morgan fingerprint density at radius 3 is 2.70 bits per heavy atom. The van der Waals surface area contributed by atoms with Gasteiger partial charge >= 0.3 is 0 Å². The molecule has 1 aromatic carbocycles. The van der Waals surface area contributed by atoms with Crippen molar-refractivity contribution in [2.75, 3.05) is 19.6 Å². The number of hydrogen-bond donors (Lipinski definition) is 0. The largest absolute Gasteiger partial charge is 0.367 e. The van der Waals surface area contributed by atoms with Crippen molar-refractivity contribution in [1.29, 1.82) is 0 Å². The average Bonchev–Trinajstić information content (AvgIpc) is 2.95. The van der Waals surface area contributed by atoms with Crippen LogP contribution in [0.15, 0.2) is 35.4 Å². The second kappa shape index (κ2) is 6.50. The highest BCUT2D eigenvalue weighted by Gasteiger charge is 2.35. The molecule has 1 saturated heterocycles. The summed E-state index contributed by atoms with van der Waals surface area (Å²) in [5.41, 5.74) is 1.38. The molecule has 2 amide bonds. The van der Waals surface area contributed by atoms with Crippen LogP contribution in [0.4, 0.5) is 0 Å². The van der Waals surface area contributed by atoms with E-state index in [1.807, 2.05) is 44.2 Å². The Bertz CT molecular complexity index is 629. The molecule has 1 fully saturated rings. The summed E-state index contributed by atoms with van der Waals surface area (Å²) in [7, 11) is 0. The van der Waals surface area contributed by atoms with Crippen molar-refractivity contribution in [3.8, 4) is 0 Å². The number of rotatable bonds is 3. The SMILES string of the molecule is CCN1N=C(C(=O)N2C[C@H](C)O[C@@H](c3ccccc3)C2)CC1=O. The van der Waals surface area contributed by atoms with Crippen molar-refractivity contribution in [3.05, 3.63) is 35.9 Å². The second-order valence-electron chi connectivity index (χ2n) is 5.89. The first-order chi connectivity index (χ1) is 11.1. The van der Waals surface area contributed by atoms with Crippen LogP contribution >= 0.6 is 0 Å². The normalized spacial score (nSPS) is 24.8. The molecular weight excluding hydrogens is 294 g/mol. The fourth-order valence-electron chi connectivity index (χ4n) is 2.99. The number of hydrogen-bond acceptors (Lipinski definition) is 4. The number of nitrogens with zero attached hydrogens (tertiary/aromatic N) is 3. The summed E-state index contributed by atoms with van der Waals surface area (Å²) in [4.78, 5) is 26.2. The molecule has 1 aromatic rings. The monoisotopic (exact) mass is 315 g/mol. The number of benzene rings is 1. The highest BCUT2D eigenvalue weighted by molar-refractivity contribution is 6.43. The van der Waals surface area contributed by atoms with E-state index in [-0.39, 0.29) is 30.4 Å². The van der Waals surface area contributed by atoms with E-state index in [1.54, 1.807) is 4.90 Å². The van der Waals surface area contributed by atoms with Crippen LogP contribution in [-0.4, -0.2) is 53.2 Å². The van der Waals surface area contributed by atoms with Crippen molar-refractivity contribution < 1.29 is 14.3 Å². The predicted octanol–water partition coefficient (Wildman–Crippen LogP) is 1.58. The maximum atomic E-state index is 12.7. The first-order valence-electron chi connectivity index (χ1n) is 7.96. The Balaban J connectivity index is 1.75. The maximum absolute atomic E-state index is 12.7. The Morgan fingerprint density at radius 2 is 2.04 bits per heavy atom. The van der Waals surface area contributed by atoms with Crippen LogP contribution in [0.5, 0.6) is 0 Å². The van der Waals surface area contributed by atoms with E-state index in [4.69, 9.17) is 4.74 Å². The summed E-state index contributed by atoms with van der Waals surface area (Å²) in [6.07, 6.45) is -0.115. The van der Waals surface area contributed by atoms with E-state index in [0.717, 1.165) is 5.56 Å². The minimum atomic E-state index is -0.162. The third-order valence-corrected chi connectivity index (χ3v) is 4.11. The van der Waals surface area contributed by atoms with Gasteiger partial charge in [-0.05, 0) is 19.4 Å². The topological polar surface area (TPSA) is 62.2 Å². The van der Waals surface area contributed by atoms with Crippen LogP contribution in [-0.2, 0) is 14.3 Å². The van der Waals surface area contributed by atoms with Gasteiger partial charge in [-0.15, -0.1) is 0 Å². The molecule has 2 aliphatic heterocycles. The van der Waals surface area contributed by atoms with E-state index in [1.165, 1.54) is 5.01 Å². The second-order valence-corrected chi connectivity index (χ2v) is 5.89. The summed E-state index contributed by atoms with van der Waals surface area (Å²) in [6, 6.07) is 9.88. The molecule has 2 aliphatic rings. The zero-order valence-electron chi connectivity index (χ0n) is 13.4. The van der Waals surface area contributed by atoms with Crippen LogP contribution in [0.25, 0.3) is 0 Å². The van der Waals surface area contributed by atoms with E-state index in [0.29, 0.717) is 25.3 Å². The molecule has 0 saturated carbocycles. The number of ether oxygens (including phenoxy) is 1. The van der Waals surface area contributed by atoms with Gasteiger partial charge in [-0.3, -0.25) is 9.59 Å². The summed E-state index contributed by atoms with van der Waals surface area (Å²) in [5, 5.41) is 5.51. The van der Waals surface area contributed by atoms with Gasteiger partial charge in [0.15, 0.2) is 0 Å². The van der Waals surface area contributed by atoms with Gasteiger partial charge in [-0.25, -0.2) is 5.01 Å². The molecule has 2 heterocycles. The molecule has 0 N–H and O–H groups in total. The molecule has 0 spiro atoms. The number of morpholine rings is 1. The van der Waals surface area contributed by atoms with Gasteiger partial charge in [0, 0.05) is 13.1 Å². The van der Waals surface area contributed by atoms with Crippen LogP contribution in [0, 0.1) is 0 Å². The Labute approximate surface area is 135 Å². The number of amides is 2. The Kier molecular flexibility index (Phi) is 4.43. The highest BCUT2D eigenvalue weighted by Crippen LogP contribution is 2.25. The number of carbonyl (C=O) groups is 2. The minimum absolute atomic E-state index is 0.0575. The highest BCUT2D eigenvalue weighted by atomic mass is 16.5. The van der Waals surface area contributed by atoms with Gasteiger partial charge in [0.1, 0.15) is 11.8 Å². The van der Waals surface area contributed by atoms with Crippen LogP contribution < -0.4 is 0 Å². The lowest BCUT2D eigenvalue weighted by Gasteiger charge is -2.37. The molecule has 6 nitrogen and oxygen atoms in total. The molecule has 3 rings (SSSR count). The lowest BCUT2D eigenvalue weighted by molar-refractivity contribution is -0.138.